The lowest BCUT2D eigenvalue weighted by atomic mass is 9.85. The van der Waals surface area contributed by atoms with Crippen LogP contribution in [0, 0.1) is 10.1 Å². The van der Waals surface area contributed by atoms with Crippen molar-refractivity contribution in [1.82, 2.24) is 4.90 Å². The predicted octanol–water partition coefficient (Wildman–Crippen LogP) is 4.13. The molecule has 11 heteroatoms. The minimum atomic E-state index is -1.25. The molecule has 3 aromatic carbocycles. The van der Waals surface area contributed by atoms with Gasteiger partial charge < -0.3 is 14.4 Å². The number of halogens is 1. The highest BCUT2D eigenvalue weighted by Crippen LogP contribution is 2.48. The van der Waals surface area contributed by atoms with E-state index in [0.717, 1.165) is 15.4 Å². The quantitative estimate of drug-likeness (QED) is 0.195. The zero-order chi connectivity index (χ0) is 25.7. The molecule has 2 heterocycles. The van der Waals surface area contributed by atoms with Gasteiger partial charge in [-0.15, -0.1) is 0 Å². The third-order valence-electron chi connectivity index (χ3n) is 6.33. The number of ether oxygens (including phenoxy) is 2. The third kappa shape index (κ3) is 3.42. The average Bonchev–Trinajstić information content (AvgIpc) is 3.13. The van der Waals surface area contributed by atoms with Crippen molar-refractivity contribution in [3.05, 3.63) is 91.9 Å². The summed E-state index contributed by atoms with van der Waals surface area (Å²) in [5.74, 6) is -1.26. The van der Waals surface area contributed by atoms with Crippen LogP contribution in [-0.2, 0) is 4.79 Å². The van der Waals surface area contributed by atoms with Crippen LogP contribution < -0.4 is 14.4 Å². The van der Waals surface area contributed by atoms with Gasteiger partial charge in [-0.05, 0) is 48.5 Å². The average molecular weight is 552 g/mol. The van der Waals surface area contributed by atoms with Crippen molar-refractivity contribution in [2.75, 3.05) is 19.1 Å². The van der Waals surface area contributed by atoms with Gasteiger partial charge >= 0.3 is 0 Å². The molecule has 0 saturated carbocycles. The predicted molar refractivity (Wildman–Crippen MR) is 131 cm³/mol. The number of carbonyl (C=O) groups is 3. The van der Waals surface area contributed by atoms with Crippen molar-refractivity contribution in [1.29, 1.82) is 0 Å². The summed E-state index contributed by atoms with van der Waals surface area (Å²) in [7, 11) is 2.96. The van der Waals surface area contributed by atoms with Gasteiger partial charge in [0.1, 0.15) is 23.1 Å². The Labute approximate surface area is 213 Å². The Kier molecular flexibility index (Phi) is 5.71. The van der Waals surface area contributed by atoms with E-state index in [2.05, 4.69) is 15.9 Å². The normalized spacial score (nSPS) is 18.7. The van der Waals surface area contributed by atoms with Gasteiger partial charge in [-0.2, -0.15) is 0 Å². The molecule has 3 amide bonds. The number of nitrogens with zero attached hydrogens (tertiary/aromatic N) is 3. The largest absolute Gasteiger partial charge is 0.497 e. The highest BCUT2D eigenvalue weighted by atomic mass is 79.9. The van der Waals surface area contributed by atoms with Crippen LogP contribution >= 0.6 is 15.9 Å². The summed E-state index contributed by atoms with van der Waals surface area (Å²) >= 11 is 3.38. The van der Waals surface area contributed by atoms with Crippen molar-refractivity contribution in [3.8, 4) is 11.5 Å². The van der Waals surface area contributed by atoms with Crippen molar-refractivity contribution in [2.24, 2.45) is 0 Å². The van der Waals surface area contributed by atoms with E-state index in [9.17, 15) is 24.5 Å². The van der Waals surface area contributed by atoms with Crippen LogP contribution in [0.1, 0.15) is 32.3 Å². The van der Waals surface area contributed by atoms with E-state index in [0.29, 0.717) is 22.7 Å². The van der Waals surface area contributed by atoms with Crippen molar-refractivity contribution in [2.45, 2.75) is 12.1 Å². The number of rotatable bonds is 6. The fourth-order valence-corrected chi connectivity index (χ4v) is 4.95. The first-order chi connectivity index (χ1) is 17.3. The molecule has 0 aromatic heterocycles. The van der Waals surface area contributed by atoms with Gasteiger partial charge in [0.05, 0.1) is 30.7 Å². The molecular weight excluding hydrogens is 534 g/mol. The van der Waals surface area contributed by atoms with Gasteiger partial charge in [-0.3, -0.25) is 29.4 Å². The van der Waals surface area contributed by atoms with E-state index in [1.165, 1.54) is 31.3 Å². The molecular formula is C25H18BrN3O7. The van der Waals surface area contributed by atoms with Crippen LogP contribution in [-0.4, -0.2) is 47.8 Å². The Morgan fingerprint density at radius 2 is 1.61 bits per heavy atom. The molecule has 5 rings (SSSR count). The van der Waals surface area contributed by atoms with Crippen molar-refractivity contribution >= 4 is 45.0 Å². The Morgan fingerprint density at radius 1 is 0.889 bits per heavy atom. The van der Waals surface area contributed by atoms with Crippen LogP contribution in [0.3, 0.4) is 0 Å². The summed E-state index contributed by atoms with van der Waals surface area (Å²) < 4.78 is 11.7. The third-order valence-corrected chi connectivity index (χ3v) is 6.86. The molecule has 2 atom stereocenters. The second-order valence-electron chi connectivity index (χ2n) is 8.12. The molecule has 2 aliphatic heterocycles. The molecule has 0 bridgehead atoms. The summed E-state index contributed by atoms with van der Waals surface area (Å²) in [6.07, 6.45) is 0. The minimum Gasteiger partial charge on any atom is -0.497 e. The van der Waals surface area contributed by atoms with Gasteiger partial charge in [0.25, 0.3) is 23.4 Å². The molecule has 2 aliphatic rings. The lowest BCUT2D eigenvalue weighted by molar-refractivity contribution is -0.385. The topological polar surface area (TPSA) is 119 Å². The number of anilines is 1. The maximum atomic E-state index is 13.6. The molecule has 0 radical (unpaired) electrons. The summed E-state index contributed by atoms with van der Waals surface area (Å²) in [4.78, 5) is 53.5. The van der Waals surface area contributed by atoms with E-state index in [4.69, 9.17) is 9.47 Å². The van der Waals surface area contributed by atoms with E-state index < -0.39 is 40.4 Å². The Bertz CT molecular complexity index is 1440. The van der Waals surface area contributed by atoms with Crippen molar-refractivity contribution in [3.63, 3.8) is 0 Å². The number of nitro groups is 1. The standard InChI is InChI=1S/C25H18BrN3O7/c1-35-15-10-11-19(36-2)17(12-15)21-22(25(32)27(21)14-8-6-13(26)7-9-14)28-23(30)16-4-3-5-18(29(33)34)20(16)24(28)31/h3-12,21-22H,1-2H3. The van der Waals surface area contributed by atoms with Gasteiger partial charge in [0.2, 0.25) is 0 Å². The molecule has 3 aromatic rings. The lowest BCUT2D eigenvalue weighted by Gasteiger charge is -2.50. The Balaban J connectivity index is 1.66. The summed E-state index contributed by atoms with van der Waals surface area (Å²) in [6.45, 7) is 0. The fourth-order valence-electron chi connectivity index (χ4n) is 4.68. The first-order valence-electron chi connectivity index (χ1n) is 10.7. The zero-order valence-corrected chi connectivity index (χ0v) is 20.6. The van der Waals surface area contributed by atoms with Gasteiger partial charge in [-0.25, -0.2) is 0 Å². The van der Waals surface area contributed by atoms with Crippen LogP contribution in [0.15, 0.2) is 65.1 Å². The number of hydrogen-bond acceptors (Lipinski definition) is 7. The number of amides is 3. The lowest BCUT2D eigenvalue weighted by Crippen LogP contribution is -2.67. The monoisotopic (exact) mass is 551 g/mol. The smallest absolute Gasteiger partial charge is 0.282 e. The number of imide groups is 1. The van der Waals surface area contributed by atoms with Crippen molar-refractivity contribution < 1.29 is 28.8 Å². The first-order valence-corrected chi connectivity index (χ1v) is 11.5. The number of fused-ring (bicyclic) bond motifs is 1. The minimum absolute atomic E-state index is 0.111. The number of hydrogen-bond donors (Lipinski definition) is 0. The van der Waals surface area contributed by atoms with Gasteiger partial charge in [0.15, 0.2) is 0 Å². The van der Waals surface area contributed by atoms with E-state index in [1.54, 1.807) is 42.5 Å². The summed E-state index contributed by atoms with van der Waals surface area (Å²) in [6, 6.07) is 13.8. The second kappa shape index (κ2) is 8.76. The summed E-state index contributed by atoms with van der Waals surface area (Å²) in [5, 5.41) is 11.6. The molecule has 0 aliphatic carbocycles. The van der Waals surface area contributed by atoms with Crippen LogP contribution in [0.5, 0.6) is 11.5 Å². The SMILES string of the molecule is COc1ccc(OC)c(C2C(N3C(=O)c4cccc([N+](=O)[O-])c4C3=O)C(=O)N2c2ccc(Br)cc2)c1. The molecule has 36 heavy (non-hydrogen) atoms. The molecule has 0 N–H and O–H groups in total. The first kappa shape index (κ1) is 23.5. The van der Waals surface area contributed by atoms with Crippen LogP contribution in [0.25, 0.3) is 0 Å². The van der Waals surface area contributed by atoms with Gasteiger partial charge in [-0.1, -0.05) is 22.0 Å². The highest BCUT2D eigenvalue weighted by Gasteiger charge is 2.59. The molecule has 1 fully saturated rings. The Morgan fingerprint density at radius 3 is 2.25 bits per heavy atom. The second-order valence-corrected chi connectivity index (χ2v) is 9.04. The Hall–Kier alpha value is -4.25. The van der Waals surface area contributed by atoms with E-state index in [-0.39, 0.29) is 11.1 Å². The number of methoxy groups -OCH3 is 2. The van der Waals surface area contributed by atoms with E-state index >= 15 is 0 Å². The molecule has 182 valence electrons. The van der Waals surface area contributed by atoms with Gasteiger partial charge in [0, 0.05) is 21.8 Å². The number of benzene rings is 3. The summed E-state index contributed by atoms with van der Waals surface area (Å²) in [5.41, 5.74) is 0.131. The van der Waals surface area contributed by atoms with Crippen LogP contribution in [0.4, 0.5) is 11.4 Å². The molecule has 1 saturated heterocycles. The maximum Gasteiger partial charge on any atom is 0.282 e. The highest BCUT2D eigenvalue weighted by molar-refractivity contribution is 9.10. The number of β-lactam (4-membered cyclic amide) rings is 1. The zero-order valence-electron chi connectivity index (χ0n) is 19.0. The molecule has 10 nitrogen and oxygen atoms in total. The maximum absolute atomic E-state index is 13.6. The number of carbonyl (C=O) groups excluding carboxylic acids is 3. The van der Waals surface area contributed by atoms with Crippen LogP contribution in [0.2, 0.25) is 0 Å². The fraction of sp³-hybridized carbons (Fsp3) is 0.160. The molecule has 0 spiro atoms. The van der Waals surface area contributed by atoms with E-state index in [1.807, 2.05) is 0 Å². The number of nitro benzene ring substituents is 1. The molecule has 2 unspecified atom stereocenters.